The topological polar surface area (TPSA) is 60.5 Å². The van der Waals surface area contributed by atoms with E-state index in [2.05, 4.69) is 10.3 Å². The van der Waals surface area contributed by atoms with Crippen LogP contribution in [0.4, 0.5) is 5.69 Å². The number of methoxy groups -OCH3 is 2. The van der Waals surface area contributed by atoms with Gasteiger partial charge in [0.05, 0.1) is 30.6 Å². The van der Waals surface area contributed by atoms with Gasteiger partial charge in [0.2, 0.25) is 0 Å². The Balaban J connectivity index is 1.91. The predicted octanol–water partition coefficient (Wildman–Crippen LogP) is 5.66. The number of ether oxygens (including phenoxy) is 2. The van der Waals surface area contributed by atoms with E-state index >= 15 is 0 Å². The molecule has 0 fully saturated rings. The van der Waals surface area contributed by atoms with E-state index in [0.717, 1.165) is 21.7 Å². The van der Waals surface area contributed by atoms with Gasteiger partial charge in [-0.15, -0.1) is 11.3 Å². The van der Waals surface area contributed by atoms with E-state index < -0.39 is 0 Å². The number of thiazole rings is 1. The third-order valence-corrected chi connectivity index (χ3v) is 5.81. The SMILES string of the molecule is COc1ccc(-c2nc(C)c(C(=O)Nc3c(C)cc(C)cc3Cl)s2)cc1OC. The molecule has 1 heterocycles. The molecule has 1 amide bonds. The quantitative estimate of drug-likeness (QED) is 0.583. The summed E-state index contributed by atoms with van der Waals surface area (Å²) in [6, 6.07) is 9.37. The highest BCUT2D eigenvalue weighted by Crippen LogP contribution is 2.35. The van der Waals surface area contributed by atoms with E-state index in [9.17, 15) is 4.79 Å². The van der Waals surface area contributed by atoms with Gasteiger partial charge in [0.15, 0.2) is 11.5 Å². The van der Waals surface area contributed by atoms with Gasteiger partial charge >= 0.3 is 0 Å². The molecular formula is C21H21ClN2O3S. The first-order valence-corrected chi connectivity index (χ1v) is 9.81. The van der Waals surface area contributed by atoms with Crippen molar-refractivity contribution >= 4 is 34.5 Å². The minimum Gasteiger partial charge on any atom is -0.493 e. The summed E-state index contributed by atoms with van der Waals surface area (Å²) in [5.74, 6) is 1.03. The van der Waals surface area contributed by atoms with Crippen LogP contribution in [0, 0.1) is 20.8 Å². The molecule has 1 aromatic heterocycles. The van der Waals surface area contributed by atoms with Crippen molar-refractivity contribution in [1.29, 1.82) is 0 Å². The average molecular weight is 417 g/mol. The molecule has 0 aliphatic rings. The number of carbonyl (C=O) groups is 1. The minimum absolute atomic E-state index is 0.226. The number of rotatable bonds is 5. The number of carbonyl (C=O) groups excluding carboxylic acids is 1. The fraction of sp³-hybridized carbons (Fsp3) is 0.238. The molecule has 0 unspecified atom stereocenters. The number of hydrogen-bond donors (Lipinski definition) is 1. The Morgan fingerprint density at radius 2 is 1.79 bits per heavy atom. The Kier molecular flexibility index (Phi) is 5.91. The number of nitrogens with zero attached hydrogens (tertiary/aromatic N) is 1. The van der Waals surface area contributed by atoms with Gasteiger partial charge in [0, 0.05) is 5.56 Å². The second kappa shape index (κ2) is 8.20. The van der Waals surface area contributed by atoms with E-state index in [1.54, 1.807) is 14.2 Å². The van der Waals surface area contributed by atoms with Crippen LogP contribution in [-0.2, 0) is 0 Å². The fourth-order valence-electron chi connectivity index (χ4n) is 2.94. The molecule has 3 aromatic rings. The van der Waals surface area contributed by atoms with Crippen LogP contribution in [-0.4, -0.2) is 25.1 Å². The summed E-state index contributed by atoms with van der Waals surface area (Å²) in [7, 11) is 3.17. The average Bonchev–Trinajstić information content (AvgIpc) is 3.05. The summed E-state index contributed by atoms with van der Waals surface area (Å²) in [4.78, 5) is 18.0. The zero-order valence-electron chi connectivity index (χ0n) is 16.3. The van der Waals surface area contributed by atoms with Gasteiger partial charge in [0.1, 0.15) is 9.88 Å². The molecule has 146 valence electrons. The standard InChI is InChI=1S/C21H21ClN2O3S/c1-11-8-12(2)18(15(22)9-11)24-20(25)19-13(3)23-21(28-19)14-6-7-16(26-4)17(10-14)27-5/h6-10H,1-5H3,(H,24,25). The van der Waals surface area contributed by atoms with Crippen LogP contribution < -0.4 is 14.8 Å². The van der Waals surface area contributed by atoms with Gasteiger partial charge in [0.25, 0.3) is 5.91 Å². The van der Waals surface area contributed by atoms with E-state index in [1.165, 1.54) is 11.3 Å². The maximum absolute atomic E-state index is 12.8. The van der Waals surface area contributed by atoms with Gasteiger partial charge < -0.3 is 14.8 Å². The number of hydrogen-bond acceptors (Lipinski definition) is 5. The van der Waals surface area contributed by atoms with Crippen LogP contribution >= 0.6 is 22.9 Å². The van der Waals surface area contributed by atoms with Crippen LogP contribution in [0.1, 0.15) is 26.5 Å². The Morgan fingerprint density at radius 1 is 1.07 bits per heavy atom. The molecule has 0 saturated heterocycles. The Morgan fingerprint density at radius 3 is 2.43 bits per heavy atom. The number of halogens is 1. The first-order valence-electron chi connectivity index (χ1n) is 8.62. The second-order valence-corrected chi connectivity index (χ2v) is 7.80. The van der Waals surface area contributed by atoms with Crippen LogP contribution in [0.25, 0.3) is 10.6 Å². The molecule has 0 atom stereocenters. The van der Waals surface area contributed by atoms with Crippen LogP contribution in [0.5, 0.6) is 11.5 Å². The predicted molar refractivity (Wildman–Crippen MR) is 114 cm³/mol. The van der Waals surface area contributed by atoms with E-state index in [-0.39, 0.29) is 5.91 Å². The van der Waals surface area contributed by atoms with Crippen LogP contribution in [0.15, 0.2) is 30.3 Å². The molecule has 3 rings (SSSR count). The monoisotopic (exact) mass is 416 g/mol. The summed E-state index contributed by atoms with van der Waals surface area (Å²) < 4.78 is 10.6. The maximum Gasteiger partial charge on any atom is 0.267 e. The zero-order chi connectivity index (χ0) is 20.4. The Hall–Kier alpha value is -2.57. The smallest absolute Gasteiger partial charge is 0.267 e. The summed E-state index contributed by atoms with van der Waals surface area (Å²) in [5.41, 5.74) is 4.10. The fourth-order valence-corrected chi connectivity index (χ4v) is 4.27. The molecular weight excluding hydrogens is 396 g/mol. The summed E-state index contributed by atoms with van der Waals surface area (Å²) in [5, 5.41) is 4.18. The number of benzene rings is 2. The number of aryl methyl sites for hydroxylation is 3. The van der Waals surface area contributed by atoms with Gasteiger partial charge in [-0.2, -0.15) is 0 Å². The van der Waals surface area contributed by atoms with Gasteiger partial charge in [-0.3, -0.25) is 4.79 Å². The lowest BCUT2D eigenvalue weighted by Gasteiger charge is -2.11. The largest absolute Gasteiger partial charge is 0.493 e. The molecule has 2 aromatic carbocycles. The molecule has 7 heteroatoms. The normalized spacial score (nSPS) is 10.6. The highest BCUT2D eigenvalue weighted by atomic mass is 35.5. The lowest BCUT2D eigenvalue weighted by molar-refractivity contribution is 0.102. The third-order valence-electron chi connectivity index (χ3n) is 4.30. The summed E-state index contributed by atoms with van der Waals surface area (Å²) in [6.45, 7) is 5.70. The summed E-state index contributed by atoms with van der Waals surface area (Å²) in [6.07, 6.45) is 0. The molecule has 0 radical (unpaired) electrons. The highest BCUT2D eigenvalue weighted by molar-refractivity contribution is 7.17. The molecule has 0 aliphatic carbocycles. The van der Waals surface area contributed by atoms with E-state index in [4.69, 9.17) is 21.1 Å². The van der Waals surface area contributed by atoms with Crippen molar-refractivity contribution in [3.63, 3.8) is 0 Å². The van der Waals surface area contributed by atoms with E-state index in [1.807, 2.05) is 51.1 Å². The second-order valence-electron chi connectivity index (χ2n) is 6.40. The Bertz CT molecular complexity index is 1020. The molecule has 0 spiro atoms. The van der Waals surface area contributed by atoms with E-state index in [0.29, 0.717) is 32.8 Å². The first kappa shape index (κ1) is 20.2. The molecule has 5 nitrogen and oxygen atoms in total. The third kappa shape index (κ3) is 3.98. The first-order chi connectivity index (χ1) is 13.3. The van der Waals surface area contributed by atoms with Crippen molar-refractivity contribution in [2.24, 2.45) is 0 Å². The number of anilines is 1. The van der Waals surface area contributed by atoms with Crippen molar-refractivity contribution in [2.45, 2.75) is 20.8 Å². The van der Waals surface area contributed by atoms with Crippen molar-refractivity contribution in [3.05, 3.63) is 57.1 Å². The molecule has 1 N–H and O–H groups in total. The lowest BCUT2D eigenvalue weighted by Crippen LogP contribution is -2.13. The highest BCUT2D eigenvalue weighted by Gasteiger charge is 2.19. The molecule has 0 aliphatic heterocycles. The van der Waals surface area contributed by atoms with Crippen LogP contribution in [0.2, 0.25) is 5.02 Å². The van der Waals surface area contributed by atoms with Crippen LogP contribution in [0.3, 0.4) is 0 Å². The van der Waals surface area contributed by atoms with Gasteiger partial charge in [-0.1, -0.05) is 17.7 Å². The van der Waals surface area contributed by atoms with Crippen molar-refractivity contribution in [3.8, 4) is 22.1 Å². The van der Waals surface area contributed by atoms with Gasteiger partial charge in [-0.25, -0.2) is 4.98 Å². The number of amides is 1. The number of aromatic nitrogens is 1. The van der Waals surface area contributed by atoms with Crippen molar-refractivity contribution in [1.82, 2.24) is 4.98 Å². The number of nitrogens with one attached hydrogen (secondary N) is 1. The van der Waals surface area contributed by atoms with Crippen molar-refractivity contribution in [2.75, 3.05) is 19.5 Å². The molecule has 0 saturated carbocycles. The maximum atomic E-state index is 12.8. The minimum atomic E-state index is -0.226. The molecule has 28 heavy (non-hydrogen) atoms. The molecule has 0 bridgehead atoms. The van der Waals surface area contributed by atoms with Gasteiger partial charge in [-0.05, 0) is 56.2 Å². The summed E-state index contributed by atoms with van der Waals surface area (Å²) >= 11 is 7.64. The lowest BCUT2D eigenvalue weighted by atomic mass is 10.1. The zero-order valence-corrected chi connectivity index (χ0v) is 17.9. The Labute approximate surface area is 173 Å². The van der Waals surface area contributed by atoms with Crippen molar-refractivity contribution < 1.29 is 14.3 Å².